The van der Waals surface area contributed by atoms with E-state index in [4.69, 9.17) is 63.7 Å². The predicted molar refractivity (Wildman–Crippen MR) is 260 cm³/mol. The van der Waals surface area contributed by atoms with Gasteiger partial charge in [-0.15, -0.1) is 0 Å². The molecule has 0 N–H and O–H groups in total. The number of quaternary nitrogens is 2. The molecule has 0 spiro atoms. The Bertz CT molecular complexity index is 2450. The van der Waals surface area contributed by atoms with Crippen LogP contribution in [-0.2, 0) is 44.7 Å². The minimum atomic E-state index is -0.787. The summed E-state index contributed by atoms with van der Waals surface area (Å²) in [6.45, 7) is 4.27. The first-order valence-electron chi connectivity index (χ1n) is 23.3. The first-order valence-corrected chi connectivity index (χ1v) is 23.7. The zero-order valence-corrected chi connectivity index (χ0v) is 42.4. The van der Waals surface area contributed by atoms with Crippen molar-refractivity contribution in [1.82, 2.24) is 0 Å². The summed E-state index contributed by atoms with van der Waals surface area (Å²) >= 11 is 6.38. The van der Waals surface area contributed by atoms with E-state index in [9.17, 15) is 9.59 Å². The number of hydrogen-bond donors (Lipinski definition) is 0. The number of fused-ring (bicyclic) bond motifs is 6. The molecule has 372 valence electrons. The molecule has 16 heteroatoms. The number of nitrogens with zero attached hydrogens (tertiary/aromatic N) is 2. The van der Waals surface area contributed by atoms with Crippen LogP contribution >= 0.6 is 11.6 Å². The van der Waals surface area contributed by atoms with Crippen molar-refractivity contribution < 1.29 is 70.7 Å². The highest BCUT2D eigenvalue weighted by molar-refractivity contribution is 6.42. The number of ether oxygens (including phenoxy) is 11. The highest BCUT2D eigenvalue weighted by Gasteiger charge is 2.48. The Kier molecular flexibility index (Phi) is 16.3. The lowest BCUT2D eigenvalue weighted by molar-refractivity contribution is -0.955. The molecule has 15 nitrogen and oxygen atoms in total. The molecular weight excluding hydrogens is 908 g/mol. The molecule has 2 atom stereocenters. The highest BCUT2D eigenvalue weighted by atomic mass is 35.5. The van der Waals surface area contributed by atoms with Gasteiger partial charge in [-0.1, -0.05) is 11.6 Å². The Labute approximate surface area is 410 Å². The van der Waals surface area contributed by atoms with E-state index in [2.05, 4.69) is 43.4 Å². The molecule has 0 saturated carbocycles. The summed E-state index contributed by atoms with van der Waals surface area (Å²) in [5.74, 6) is 4.25. The summed E-state index contributed by atoms with van der Waals surface area (Å²) in [6, 6.07) is 16.4. The molecule has 69 heavy (non-hydrogen) atoms. The van der Waals surface area contributed by atoms with Crippen molar-refractivity contribution in [2.75, 3.05) is 117 Å². The van der Waals surface area contributed by atoms with Crippen LogP contribution < -0.4 is 42.6 Å². The lowest BCUT2D eigenvalue weighted by atomic mass is 9.79. The van der Waals surface area contributed by atoms with E-state index in [1.165, 1.54) is 27.8 Å². The van der Waals surface area contributed by atoms with Crippen LogP contribution in [0.4, 0.5) is 0 Å². The van der Waals surface area contributed by atoms with Crippen molar-refractivity contribution in [3.05, 3.63) is 98.6 Å². The van der Waals surface area contributed by atoms with Crippen molar-refractivity contribution in [1.29, 1.82) is 0 Å². The first kappa shape index (κ1) is 50.8. The smallest absolute Gasteiger partial charge is 0.350 e. The fourth-order valence-electron chi connectivity index (χ4n) is 10.8. The molecule has 0 aliphatic carbocycles. The van der Waals surface area contributed by atoms with Crippen LogP contribution in [0.5, 0.6) is 51.7 Å². The Hall–Kier alpha value is -6.03. The van der Waals surface area contributed by atoms with Crippen LogP contribution in [-0.4, -0.2) is 138 Å². The van der Waals surface area contributed by atoms with Gasteiger partial charge in [-0.05, 0) is 70.8 Å². The third-order valence-corrected chi connectivity index (χ3v) is 14.6. The number of likely N-dealkylation sites (N-methyl/N-ethyl adjacent to an activating group) is 1. The van der Waals surface area contributed by atoms with E-state index in [1.807, 2.05) is 12.1 Å². The molecule has 0 radical (unpaired) electrons. The Morgan fingerprint density at radius 2 is 0.986 bits per heavy atom. The summed E-state index contributed by atoms with van der Waals surface area (Å²) in [4.78, 5) is 26.2. The molecule has 3 heterocycles. The summed E-state index contributed by atoms with van der Waals surface area (Å²) in [5.41, 5.74) is 8.09. The number of carbonyl (C=O) groups is 2. The average Bonchev–Trinajstić information content (AvgIpc) is 3.37. The van der Waals surface area contributed by atoms with Gasteiger partial charge in [-0.25, -0.2) is 9.59 Å². The van der Waals surface area contributed by atoms with Crippen molar-refractivity contribution in [3.8, 4) is 51.7 Å². The molecule has 3 aliphatic heterocycles. The van der Waals surface area contributed by atoms with Gasteiger partial charge in [-0.2, -0.15) is 0 Å². The van der Waals surface area contributed by atoms with Gasteiger partial charge in [-0.3, -0.25) is 0 Å². The topological polar surface area (TPSA) is 136 Å². The van der Waals surface area contributed by atoms with E-state index in [1.54, 1.807) is 64.0 Å². The molecule has 4 aromatic carbocycles. The molecule has 4 aromatic rings. The molecule has 0 fully saturated rings. The van der Waals surface area contributed by atoms with Crippen LogP contribution in [0.25, 0.3) is 0 Å². The fraction of sp³-hybridized carbons (Fsp3) is 0.472. The summed E-state index contributed by atoms with van der Waals surface area (Å²) < 4.78 is 64.0. The Morgan fingerprint density at radius 3 is 1.48 bits per heavy atom. The maximum atomic E-state index is 13.1. The quantitative estimate of drug-likeness (QED) is 0.0349. The SMILES string of the molecule is COc1cc2c(cc1OC)C1c3cc(OC)c(OC)cc3CC[N+]1(CCCOC(=O)/C=C(\Cl)C(=O)OCCC[N+]1(C)CCc3cc(OC)c(OC)cc3[C@H]1Cc1cc(OC)c(OC)c(OC)c1)CC2. The van der Waals surface area contributed by atoms with Crippen LogP contribution in [0.15, 0.2) is 59.6 Å². The molecular formula is C53H67ClN2O13+2. The molecule has 0 saturated heterocycles. The van der Waals surface area contributed by atoms with E-state index in [-0.39, 0.29) is 30.3 Å². The number of hydrogen-bond acceptors (Lipinski definition) is 13. The van der Waals surface area contributed by atoms with Gasteiger partial charge in [0.1, 0.15) is 17.1 Å². The average molecular weight is 976 g/mol. The van der Waals surface area contributed by atoms with Gasteiger partial charge in [0.2, 0.25) is 5.75 Å². The van der Waals surface area contributed by atoms with E-state index < -0.39 is 11.9 Å². The van der Waals surface area contributed by atoms with Gasteiger partial charge in [0.05, 0.1) is 117 Å². The number of carbonyl (C=O) groups excluding carboxylic acids is 2. The lowest BCUT2D eigenvalue weighted by Gasteiger charge is -2.51. The standard InChI is InChI=1S/C53H67ClN2O13/c1-55(18-13-34-26-42(59-2)45(62-5)29-37(34)41(55)23-33-24-48(65-8)52(67-10)49(25-33)66-9)16-11-22-69-53(58)40(54)32-50(57)68-21-12-17-56-19-14-35-27-43(60-3)46(63-6)30-38(35)51(56)39-31-47(64-7)44(61-4)28-36(39)15-20-56/h24-32,41,51H,11-23H2,1-10H3/q+2/b40-32-/t41-,51?,55?,56?/m1/s1. The number of esters is 2. The van der Waals surface area contributed by atoms with Crippen molar-refractivity contribution in [2.45, 2.75) is 50.6 Å². The second-order valence-electron chi connectivity index (χ2n) is 17.9. The van der Waals surface area contributed by atoms with Crippen molar-refractivity contribution in [3.63, 3.8) is 0 Å². The molecule has 0 aromatic heterocycles. The van der Waals surface area contributed by atoms with Gasteiger partial charge in [0.25, 0.3) is 0 Å². The maximum absolute atomic E-state index is 13.1. The minimum absolute atomic E-state index is 0.0160. The van der Waals surface area contributed by atoms with Crippen LogP contribution in [0, 0.1) is 0 Å². The number of methoxy groups -OCH3 is 9. The van der Waals surface area contributed by atoms with Gasteiger partial charge >= 0.3 is 11.9 Å². The Morgan fingerprint density at radius 1 is 0.551 bits per heavy atom. The van der Waals surface area contributed by atoms with Crippen molar-refractivity contribution >= 4 is 23.5 Å². The first-order chi connectivity index (χ1) is 33.3. The summed E-state index contributed by atoms with van der Waals surface area (Å²) in [6.07, 6.45) is 5.28. The zero-order chi connectivity index (χ0) is 49.5. The van der Waals surface area contributed by atoms with Gasteiger partial charge in [0.15, 0.2) is 46.0 Å². The van der Waals surface area contributed by atoms with Crippen LogP contribution in [0.2, 0.25) is 0 Å². The van der Waals surface area contributed by atoms with Gasteiger partial charge in [0, 0.05) is 61.3 Å². The predicted octanol–water partition coefficient (Wildman–Crippen LogP) is 7.76. The van der Waals surface area contributed by atoms with E-state index >= 15 is 0 Å². The molecule has 0 bridgehead atoms. The summed E-state index contributed by atoms with van der Waals surface area (Å²) in [5, 5.41) is -0.343. The van der Waals surface area contributed by atoms with Crippen LogP contribution in [0.1, 0.15) is 63.9 Å². The maximum Gasteiger partial charge on any atom is 0.350 e. The molecule has 7 rings (SSSR count). The number of halogens is 1. The normalized spacial score (nSPS) is 20.2. The van der Waals surface area contributed by atoms with Gasteiger partial charge < -0.3 is 61.1 Å². The number of benzene rings is 4. The highest BCUT2D eigenvalue weighted by Crippen LogP contribution is 2.50. The molecule has 1 unspecified atom stereocenters. The van der Waals surface area contributed by atoms with Crippen LogP contribution in [0.3, 0.4) is 0 Å². The second kappa shape index (κ2) is 22.2. The largest absolute Gasteiger partial charge is 0.493 e. The monoisotopic (exact) mass is 974 g/mol. The molecule has 0 amide bonds. The third kappa shape index (κ3) is 10.5. The lowest BCUT2D eigenvalue weighted by Crippen LogP contribution is -2.58. The van der Waals surface area contributed by atoms with E-state index in [0.29, 0.717) is 82.0 Å². The third-order valence-electron chi connectivity index (χ3n) is 14.4. The molecule has 3 aliphatic rings. The van der Waals surface area contributed by atoms with E-state index in [0.717, 1.165) is 67.1 Å². The zero-order valence-electron chi connectivity index (χ0n) is 41.6. The second-order valence-corrected chi connectivity index (χ2v) is 18.4. The summed E-state index contributed by atoms with van der Waals surface area (Å²) in [7, 11) is 16.9. The minimum Gasteiger partial charge on any atom is -0.493 e. The Balaban J connectivity index is 0.985. The van der Waals surface area contributed by atoms with Crippen molar-refractivity contribution in [2.24, 2.45) is 0 Å². The fourth-order valence-corrected chi connectivity index (χ4v) is 10.9. The number of rotatable bonds is 21.